The molecule has 0 saturated heterocycles. The zero-order chi connectivity index (χ0) is 17.8. The summed E-state index contributed by atoms with van der Waals surface area (Å²) in [4.78, 5) is 30.0. The quantitative estimate of drug-likeness (QED) is 0.914. The van der Waals surface area contributed by atoms with Gasteiger partial charge in [-0.3, -0.25) is 14.6 Å². The average molecular weight is 358 g/mol. The highest BCUT2D eigenvalue weighted by Gasteiger charge is 2.23. The fourth-order valence-corrected chi connectivity index (χ4v) is 3.30. The number of pyridine rings is 1. The summed E-state index contributed by atoms with van der Waals surface area (Å²) in [6.07, 6.45) is 4.69. The maximum absolute atomic E-state index is 12.5. The number of carbonyl (C=O) groups is 2. The molecule has 1 aliphatic rings. The number of fused-ring (bicyclic) bond motifs is 1. The number of rotatable bonds is 4. The van der Waals surface area contributed by atoms with E-state index in [-0.39, 0.29) is 11.8 Å². The highest BCUT2D eigenvalue weighted by molar-refractivity contribution is 6.31. The minimum absolute atomic E-state index is 0.0419. The fraction of sp³-hybridized carbons (Fsp3) is 0.316. The monoisotopic (exact) mass is 357 g/mol. The molecule has 2 amide bonds. The number of nitrogens with one attached hydrogen (secondary N) is 1. The molecule has 2 aromatic rings. The van der Waals surface area contributed by atoms with Gasteiger partial charge in [0.1, 0.15) is 0 Å². The Morgan fingerprint density at radius 1 is 1.28 bits per heavy atom. The summed E-state index contributed by atoms with van der Waals surface area (Å²) >= 11 is 6.14. The van der Waals surface area contributed by atoms with Gasteiger partial charge in [-0.2, -0.15) is 0 Å². The molecule has 1 N–H and O–H groups in total. The third-order valence-corrected chi connectivity index (χ3v) is 4.84. The maximum atomic E-state index is 12.5. The van der Waals surface area contributed by atoms with E-state index in [0.29, 0.717) is 43.1 Å². The van der Waals surface area contributed by atoms with Gasteiger partial charge in [0.15, 0.2) is 0 Å². The Morgan fingerprint density at radius 3 is 2.84 bits per heavy atom. The van der Waals surface area contributed by atoms with Gasteiger partial charge in [0.2, 0.25) is 5.91 Å². The lowest BCUT2D eigenvalue weighted by molar-refractivity contribution is -0.129. The smallest absolute Gasteiger partial charge is 0.253 e. The van der Waals surface area contributed by atoms with Gasteiger partial charge in [-0.25, -0.2) is 0 Å². The van der Waals surface area contributed by atoms with Gasteiger partial charge < -0.3 is 10.2 Å². The number of amides is 2. The summed E-state index contributed by atoms with van der Waals surface area (Å²) in [7, 11) is 0. The molecule has 0 bridgehead atoms. The highest BCUT2D eigenvalue weighted by atomic mass is 35.5. The molecule has 25 heavy (non-hydrogen) atoms. The van der Waals surface area contributed by atoms with Crippen LogP contribution >= 0.6 is 11.6 Å². The lowest BCUT2D eigenvalue weighted by atomic mass is 9.96. The lowest BCUT2D eigenvalue weighted by Crippen LogP contribution is -2.36. The van der Waals surface area contributed by atoms with Crippen molar-refractivity contribution in [3.05, 3.63) is 63.9 Å². The van der Waals surface area contributed by atoms with E-state index in [4.69, 9.17) is 11.6 Å². The first kappa shape index (κ1) is 17.4. The van der Waals surface area contributed by atoms with Crippen LogP contribution in [0, 0.1) is 0 Å². The van der Waals surface area contributed by atoms with Crippen LogP contribution in [0.2, 0.25) is 5.02 Å². The van der Waals surface area contributed by atoms with Crippen molar-refractivity contribution in [1.82, 2.24) is 15.2 Å². The van der Waals surface area contributed by atoms with E-state index in [1.54, 1.807) is 24.2 Å². The van der Waals surface area contributed by atoms with Gasteiger partial charge in [0.25, 0.3) is 5.91 Å². The van der Waals surface area contributed by atoms with Crippen LogP contribution in [0.4, 0.5) is 0 Å². The van der Waals surface area contributed by atoms with Crippen molar-refractivity contribution in [2.45, 2.75) is 26.3 Å². The standard InChI is InChI=1S/C19H20ClN3O2/c1-13(24)23-9-7-16-15(12-23)10-21-11-17(16)19(25)22-8-6-14-4-2-3-5-18(14)20/h2-5,10-11H,6-9,12H2,1H3,(H,22,25). The molecule has 0 saturated carbocycles. The van der Waals surface area contributed by atoms with Gasteiger partial charge in [-0.15, -0.1) is 0 Å². The molecule has 3 rings (SSSR count). The normalized spacial score (nSPS) is 13.3. The van der Waals surface area contributed by atoms with Crippen molar-refractivity contribution in [3.8, 4) is 0 Å². The number of benzene rings is 1. The van der Waals surface area contributed by atoms with Crippen molar-refractivity contribution < 1.29 is 9.59 Å². The van der Waals surface area contributed by atoms with Gasteiger partial charge in [0.05, 0.1) is 5.56 Å². The molecule has 1 aliphatic heterocycles. The number of carbonyl (C=O) groups excluding carboxylic acids is 2. The third kappa shape index (κ3) is 3.99. The molecule has 1 aromatic heterocycles. The third-order valence-electron chi connectivity index (χ3n) is 4.47. The van der Waals surface area contributed by atoms with E-state index in [1.807, 2.05) is 24.3 Å². The van der Waals surface area contributed by atoms with Crippen LogP contribution < -0.4 is 5.32 Å². The summed E-state index contributed by atoms with van der Waals surface area (Å²) in [5.74, 6) is -0.0899. The molecule has 0 aliphatic carbocycles. The second-order valence-electron chi connectivity index (χ2n) is 6.11. The summed E-state index contributed by atoms with van der Waals surface area (Å²) < 4.78 is 0. The van der Waals surface area contributed by atoms with E-state index in [0.717, 1.165) is 16.7 Å². The van der Waals surface area contributed by atoms with Crippen LogP contribution in [0.15, 0.2) is 36.7 Å². The van der Waals surface area contributed by atoms with Crippen LogP contribution in [-0.2, 0) is 24.2 Å². The van der Waals surface area contributed by atoms with E-state index < -0.39 is 0 Å². The molecule has 130 valence electrons. The first-order valence-electron chi connectivity index (χ1n) is 8.29. The highest BCUT2D eigenvalue weighted by Crippen LogP contribution is 2.22. The van der Waals surface area contributed by atoms with Crippen LogP contribution in [0.25, 0.3) is 0 Å². The number of hydrogen-bond donors (Lipinski definition) is 1. The zero-order valence-electron chi connectivity index (χ0n) is 14.1. The van der Waals surface area contributed by atoms with Crippen LogP contribution in [0.3, 0.4) is 0 Å². The van der Waals surface area contributed by atoms with Crippen molar-refractivity contribution in [1.29, 1.82) is 0 Å². The van der Waals surface area contributed by atoms with Crippen LogP contribution in [0.5, 0.6) is 0 Å². The van der Waals surface area contributed by atoms with Gasteiger partial charge >= 0.3 is 0 Å². The number of hydrogen-bond acceptors (Lipinski definition) is 3. The fourth-order valence-electron chi connectivity index (χ4n) is 3.07. The largest absolute Gasteiger partial charge is 0.352 e. The lowest BCUT2D eigenvalue weighted by Gasteiger charge is -2.28. The van der Waals surface area contributed by atoms with E-state index in [1.165, 1.54) is 0 Å². The first-order chi connectivity index (χ1) is 12.1. The van der Waals surface area contributed by atoms with Gasteiger partial charge in [-0.05, 0) is 35.6 Å². The Balaban J connectivity index is 1.66. The average Bonchev–Trinajstić information content (AvgIpc) is 2.62. The molecule has 6 heteroatoms. The number of nitrogens with zero attached hydrogens (tertiary/aromatic N) is 2. The van der Waals surface area contributed by atoms with E-state index in [2.05, 4.69) is 10.3 Å². The molecule has 2 heterocycles. The van der Waals surface area contributed by atoms with Gasteiger partial charge in [-0.1, -0.05) is 29.8 Å². The topological polar surface area (TPSA) is 62.3 Å². The molecule has 5 nitrogen and oxygen atoms in total. The first-order valence-corrected chi connectivity index (χ1v) is 8.67. The van der Waals surface area contributed by atoms with Crippen LogP contribution in [-0.4, -0.2) is 34.8 Å². The zero-order valence-corrected chi connectivity index (χ0v) is 14.8. The number of aromatic nitrogens is 1. The van der Waals surface area contributed by atoms with Crippen LogP contribution in [0.1, 0.15) is 34.0 Å². The van der Waals surface area contributed by atoms with E-state index in [9.17, 15) is 9.59 Å². The minimum atomic E-state index is -0.132. The summed E-state index contributed by atoms with van der Waals surface area (Å²) in [6, 6.07) is 7.62. The Morgan fingerprint density at radius 2 is 2.08 bits per heavy atom. The Kier molecular flexibility index (Phi) is 5.34. The molecule has 1 aromatic carbocycles. The molecular weight excluding hydrogens is 338 g/mol. The summed E-state index contributed by atoms with van der Waals surface area (Å²) in [5, 5.41) is 3.65. The molecule has 0 radical (unpaired) electrons. The summed E-state index contributed by atoms with van der Waals surface area (Å²) in [6.45, 7) is 3.21. The van der Waals surface area contributed by atoms with Crippen molar-refractivity contribution >= 4 is 23.4 Å². The molecule has 0 fully saturated rings. The Labute approximate surface area is 152 Å². The van der Waals surface area contributed by atoms with Crippen molar-refractivity contribution in [3.63, 3.8) is 0 Å². The Bertz CT molecular complexity index is 807. The molecular formula is C19H20ClN3O2. The SMILES string of the molecule is CC(=O)N1CCc2c(cncc2C(=O)NCCc2ccccc2Cl)C1. The van der Waals surface area contributed by atoms with Gasteiger partial charge in [0, 0.05) is 44.0 Å². The minimum Gasteiger partial charge on any atom is -0.352 e. The van der Waals surface area contributed by atoms with E-state index >= 15 is 0 Å². The molecule has 0 unspecified atom stereocenters. The molecule has 0 spiro atoms. The predicted molar refractivity (Wildman–Crippen MR) is 96.5 cm³/mol. The predicted octanol–water partition coefficient (Wildman–Crippen LogP) is 2.61. The summed E-state index contributed by atoms with van der Waals surface area (Å²) in [5.41, 5.74) is 3.54. The molecule has 0 atom stereocenters. The second kappa shape index (κ2) is 7.66. The van der Waals surface area contributed by atoms with Crippen molar-refractivity contribution in [2.24, 2.45) is 0 Å². The number of halogens is 1. The van der Waals surface area contributed by atoms with Crippen molar-refractivity contribution in [2.75, 3.05) is 13.1 Å². The maximum Gasteiger partial charge on any atom is 0.253 e. The second-order valence-corrected chi connectivity index (χ2v) is 6.52. The Hall–Kier alpha value is -2.40.